The zero-order valence-corrected chi connectivity index (χ0v) is 7.81. The highest BCUT2D eigenvalue weighted by atomic mass is 16.5. The number of rotatable bonds is 1. The maximum Gasteiger partial charge on any atom is 0.103 e. The van der Waals surface area contributed by atoms with E-state index >= 15 is 0 Å². The normalized spacial score (nSPS) is 16.4. The zero-order chi connectivity index (χ0) is 9.80. The topological polar surface area (TPSA) is 49.2 Å². The van der Waals surface area contributed by atoms with E-state index in [1.54, 1.807) is 12.4 Å². The first-order valence-corrected chi connectivity index (χ1v) is 4.58. The summed E-state index contributed by atoms with van der Waals surface area (Å²) in [5.74, 6) is 0. The van der Waals surface area contributed by atoms with Gasteiger partial charge in [0.2, 0.25) is 0 Å². The Morgan fingerprint density at radius 2 is 2.21 bits per heavy atom. The molecule has 4 heteroatoms. The molecule has 1 aliphatic rings. The van der Waals surface area contributed by atoms with Crippen LogP contribution in [0.25, 0.3) is 0 Å². The average molecular weight is 189 g/mol. The molecule has 1 saturated heterocycles. The number of hydrogen-bond acceptors (Lipinski definition) is 4. The van der Waals surface area contributed by atoms with Crippen molar-refractivity contribution in [1.29, 1.82) is 5.26 Å². The van der Waals surface area contributed by atoms with Gasteiger partial charge in [-0.3, -0.25) is 4.98 Å². The highest BCUT2D eigenvalue weighted by Gasteiger charge is 2.13. The van der Waals surface area contributed by atoms with Crippen LogP contribution in [0.15, 0.2) is 18.5 Å². The molecule has 72 valence electrons. The predicted molar refractivity (Wildman–Crippen MR) is 52.0 cm³/mol. The Bertz CT molecular complexity index is 353. The molecular weight excluding hydrogens is 178 g/mol. The van der Waals surface area contributed by atoms with Gasteiger partial charge in [-0.15, -0.1) is 0 Å². The Balaban J connectivity index is 2.26. The molecule has 1 aromatic rings. The predicted octanol–water partition coefficient (Wildman–Crippen LogP) is 0.790. The monoisotopic (exact) mass is 189 g/mol. The highest BCUT2D eigenvalue weighted by Crippen LogP contribution is 2.19. The Labute approximate surface area is 82.7 Å². The molecule has 0 N–H and O–H groups in total. The molecule has 0 unspecified atom stereocenters. The van der Waals surface area contributed by atoms with E-state index in [4.69, 9.17) is 10.00 Å². The Morgan fingerprint density at radius 3 is 2.93 bits per heavy atom. The maximum absolute atomic E-state index is 8.90. The summed E-state index contributed by atoms with van der Waals surface area (Å²) in [6.07, 6.45) is 3.32. The van der Waals surface area contributed by atoms with Crippen LogP contribution < -0.4 is 4.90 Å². The molecule has 2 heterocycles. The molecule has 1 fully saturated rings. The molecule has 2 rings (SSSR count). The van der Waals surface area contributed by atoms with Crippen LogP contribution in [0.5, 0.6) is 0 Å². The van der Waals surface area contributed by atoms with Gasteiger partial charge in [0.25, 0.3) is 0 Å². The van der Waals surface area contributed by atoms with Crippen LogP contribution in [0.1, 0.15) is 5.56 Å². The summed E-state index contributed by atoms with van der Waals surface area (Å²) in [6, 6.07) is 4.03. The quantitative estimate of drug-likeness (QED) is 0.655. The second kappa shape index (κ2) is 4.07. The lowest BCUT2D eigenvalue weighted by Gasteiger charge is -2.29. The number of morpholine rings is 1. The Morgan fingerprint density at radius 1 is 1.43 bits per heavy atom. The molecule has 14 heavy (non-hydrogen) atoms. The van der Waals surface area contributed by atoms with E-state index in [1.165, 1.54) is 0 Å². The summed E-state index contributed by atoms with van der Waals surface area (Å²) in [7, 11) is 0. The van der Waals surface area contributed by atoms with Gasteiger partial charge >= 0.3 is 0 Å². The number of aromatic nitrogens is 1. The summed E-state index contributed by atoms with van der Waals surface area (Å²) >= 11 is 0. The van der Waals surface area contributed by atoms with Crippen LogP contribution in [0.2, 0.25) is 0 Å². The summed E-state index contributed by atoms with van der Waals surface area (Å²) in [4.78, 5) is 6.09. The van der Waals surface area contributed by atoms with Crippen LogP contribution in [0.3, 0.4) is 0 Å². The maximum atomic E-state index is 8.90. The van der Waals surface area contributed by atoms with Crippen LogP contribution >= 0.6 is 0 Å². The third kappa shape index (κ3) is 1.68. The molecule has 1 aromatic heterocycles. The van der Waals surface area contributed by atoms with E-state index in [0.717, 1.165) is 32.0 Å². The number of anilines is 1. The van der Waals surface area contributed by atoms with Crippen molar-refractivity contribution in [1.82, 2.24) is 4.98 Å². The second-order valence-electron chi connectivity index (χ2n) is 3.10. The molecule has 0 aliphatic carbocycles. The van der Waals surface area contributed by atoms with Gasteiger partial charge in [-0.05, 0) is 6.07 Å². The minimum Gasteiger partial charge on any atom is -0.378 e. The lowest BCUT2D eigenvalue weighted by atomic mass is 10.2. The van der Waals surface area contributed by atoms with Crippen molar-refractivity contribution in [3.05, 3.63) is 24.0 Å². The second-order valence-corrected chi connectivity index (χ2v) is 3.10. The standard InChI is InChI=1S/C10H11N3O/c11-7-9-8-12-2-1-10(9)13-3-5-14-6-4-13/h1-2,8H,3-6H2. The lowest BCUT2D eigenvalue weighted by molar-refractivity contribution is 0.122. The third-order valence-electron chi connectivity index (χ3n) is 2.27. The first-order chi connectivity index (χ1) is 6.92. The third-order valence-corrected chi connectivity index (χ3v) is 2.27. The van der Waals surface area contributed by atoms with Crippen molar-refractivity contribution < 1.29 is 4.74 Å². The van der Waals surface area contributed by atoms with E-state index in [2.05, 4.69) is 16.0 Å². The summed E-state index contributed by atoms with van der Waals surface area (Å²) in [5, 5.41) is 8.90. The van der Waals surface area contributed by atoms with E-state index in [-0.39, 0.29) is 0 Å². The molecule has 1 aliphatic heterocycles. The van der Waals surface area contributed by atoms with E-state index in [9.17, 15) is 0 Å². The minimum absolute atomic E-state index is 0.634. The van der Waals surface area contributed by atoms with Crippen molar-refractivity contribution >= 4 is 5.69 Å². The fourth-order valence-electron chi connectivity index (χ4n) is 1.55. The lowest BCUT2D eigenvalue weighted by Crippen LogP contribution is -2.36. The number of pyridine rings is 1. The Hall–Kier alpha value is -1.60. The molecule has 0 radical (unpaired) electrons. The van der Waals surface area contributed by atoms with Crippen molar-refractivity contribution in [2.75, 3.05) is 31.2 Å². The highest BCUT2D eigenvalue weighted by molar-refractivity contribution is 5.57. The number of hydrogen-bond donors (Lipinski definition) is 0. The van der Waals surface area contributed by atoms with E-state index in [0.29, 0.717) is 5.56 Å². The molecule has 0 amide bonds. The number of ether oxygens (including phenoxy) is 1. The van der Waals surface area contributed by atoms with E-state index in [1.807, 2.05) is 6.07 Å². The molecule has 0 atom stereocenters. The van der Waals surface area contributed by atoms with Crippen LogP contribution in [-0.4, -0.2) is 31.3 Å². The van der Waals surface area contributed by atoms with Crippen molar-refractivity contribution in [3.63, 3.8) is 0 Å². The SMILES string of the molecule is N#Cc1cnccc1N1CCOCC1. The smallest absolute Gasteiger partial charge is 0.103 e. The van der Waals surface area contributed by atoms with Gasteiger partial charge in [0.1, 0.15) is 6.07 Å². The van der Waals surface area contributed by atoms with Crippen LogP contribution in [0, 0.1) is 11.3 Å². The largest absolute Gasteiger partial charge is 0.378 e. The minimum atomic E-state index is 0.634. The first-order valence-electron chi connectivity index (χ1n) is 4.58. The van der Waals surface area contributed by atoms with Gasteiger partial charge in [0.15, 0.2) is 0 Å². The van der Waals surface area contributed by atoms with Gasteiger partial charge in [-0.25, -0.2) is 0 Å². The van der Waals surface area contributed by atoms with Crippen LogP contribution in [0.4, 0.5) is 5.69 Å². The summed E-state index contributed by atoms with van der Waals surface area (Å²) in [5.41, 5.74) is 1.60. The average Bonchev–Trinajstić information content (AvgIpc) is 2.30. The van der Waals surface area contributed by atoms with Gasteiger partial charge in [0, 0.05) is 25.5 Å². The fourth-order valence-corrected chi connectivity index (χ4v) is 1.55. The first kappa shape index (κ1) is 8.97. The molecule has 4 nitrogen and oxygen atoms in total. The summed E-state index contributed by atoms with van der Waals surface area (Å²) in [6.45, 7) is 3.15. The van der Waals surface area contributed by atoms with Crippen molar-refractivity contribution in [2.45, 2.75) is 0 Å². The Kier molecular flexibility index (Phi) is 2.61. The zero-order valence-electron chi connectivity index (χ0n) is 7.81. The van der Waals surface area contributed by atoms with Gasteiger partial charge < -0.3 is 9.64 Å². The van der Waals surface area contributed by atoms with Crippen molar-refractivity contribution in [3.8, 4) is 6.07 Å². The number of nitriles is 1. The van der Waals surface area contributed by atoms with Gasteiger partial charge in [-0.1, -0.05) is 0 Å². The van der Waals surface area contributed by atoms with E-state index < -0.39 is 0 Å². The van der Waals surface area contributed by atoms with Gasteiger partial charge in [0.05, 0.1) is 24.5 Å². The number of nitrogens with zero attached hydrogens (tertiary/aromatic N) is 3. The molecule has 0 aromatic carbocycles. The molecule has 0 saturated carbocycles. The fraction of sp³-hybridized carbons (Fsp3) is 0.400. The van der Waals surface area contributed by atoms with Crippen LogP contribution in [-0.2, 0) is 4.74 Å². The summed E-state index contributed by atoms with van der Waals surface area (Å²) < 4.78 is 5.25. The van der Waals surface area contributed by atoms with Gasteiger partial charge in [-0.2, -0.15) is 5.26 Å². The molecule has 0 spiro atoms. The van der Waals surface area contributed by atoms with Crippen molar-refractivity contribution in [2.24, 2.45) is 0 Å². The molecular formula is C10H11N3O. The molecule has 0 bridgehead atoms.